The zero-order chi connectivity index (χ0) is 6.62. The summed E-state index contributed by atoms with van der Waals surface area (Å²) < 4.78 is 33.1. The lowest BCUT2D eigenvalue weighted by atomic mass is 10.5. The summed E-state index contributed by atoms with van der Waals surface area (Å²) in [6, 6.07) is 0. The summed E-state index contributed by atoms with van der Waals surface area (Å²) in [6.45, 7) is 0. The van der Waals surface area contributed by atoms with Crippen LogP contribution in [-0.4, -0.2) is 17.6 Å². The lowest BCUT2D eigenvalue weighted by Gasteiger charge is -1.97. The van der Waals surface area contributed by atoms with Crippen molar-refractivity contribution in [3.63, 3.8) is 0 Å². The van der Waals surface area contributed by atoms with Gasteiger partial charge in [0.25, 0.3) is 0 Å². The lowest BCUT2D eigenvalue weighted by molar-refractivity contribution is -0.120. The van der Waals surface area contributed by atoms with Gasteiger partial charge in [0.2, 0.25) is 0 Å². The fraction of sp³-hybridized carbons (Fsp3) is 0.667. The summed E-state index contributed by atoms with van der Waals surface area (Å²) in [5, 5.41) is 9.68. The Bertz CT molecular complexity index is 87.0. The highest BCUT2D eigenvalue weighted by molar-refractivity contribution is 5.56. The van der Waals surface area contributed by atoms with E-state index in [0.29, 0.717) is 6.21 Å². The Morgan fingerprint density at radius 3 is 2.12 bits per heavy atom. The van der Waals surface area contributed by atoms with Gasteiger partial charge in [0.1, 0.15) is 0 Å². The van der Waals surface area contributed by atoms with Gasteiger partial charge in [-0.05, 0) is 0 Å². The molecule has 48 valence electrons. The number of hydrogen-bond acceptors (Lipinski definition) is 2. The first-order valence-electron chi connectivity index (χ1n) is 1.79. The van der Waals surface area contributed by atoms with Gasteiger partial charge >= 0.3 is 6.18 Å². The van der Waals surface area contributed by atoms with Gasteiger partial charge in [-0.2, -0.15) is 13.2 Å². The predicted octanol–water partition coefficient (Wildman–Crippen LogP) is 1.40. The van der Waals surface area contributed by atoms with E-state index in [1.54, 1.807) is 0 Å². The van der Waals surface area contributed by atoms with Crippen molar-refractivity contribution in [1.82, 2.24) is 0 Å². The summed E-state index contributed by atoms with van der Waals surface area (Å²) >= 11 is 0. The SMILES string of the molecule is ON=CCC(F)(F)F. The second-order valence-electron chi connectivity index (χ2n) is 1.12. The van der Waals surface area contributed by atoms with Gasteiger partial charge in [-0.1, -0.05) is 0 Å². The van der Waals surface area contributed by atoms with Crippen LogP contribution in [0.3, 0.4) is 0 Å². The largest absolute Gasteiger partial charge is 0.411 e. The van der Waals surface area contributed by atoms with E-state index >= 15 is 0 Å². The third-order valence-corrected chi connectivity index (χ3v) is 0.404. The van der Waals surface area contributed by atoms with Crippen LogP contribution in [0, 0.1) is 0 Å². The van der Waals surface area contributed by atoms with E-state index in [9.17, 15) is 13.2 Å². The first kappa shape index (κ1) is 7.26. The molecule has 0 saturated heterocycles. The van der Waals surface area contributed by atoms with E-state index in [-0.39, 0.29) is 0 Å². The maximum atomic E-state index is 11.0. The number of nitrogens with zero attached hydrogens (tertiary/aromatic N) is 1. The van der Waals surface area contributed by atoms with Crippen molar-refractivity contribution < 1.29 is 18.4 Å². The molecule has 1 N–H and O–H groups in total. The molecule has 0 aromatic rings. The standard InChI is InChI=1S/C3H4F3NO/c4-3(5,6)1-2-7-8/h2,8H,1H2. The summed E-state index contributed by atoms with van der Waals surface area (Å²) in [6.07, 6.45) is -5.05. The van der Waals surface area contributed by atoms with Crippen molar-refractivity contribution in [2.45, 2.75) is 12.6 Å². The van der Waals surface area contributed by atoms with Crippen molar-refractivity contribution in [2.75, 3.05) is 0 Å². The Morgan fingerprint density at radius 1 is 1.50 bits per heavy atom. The van der Waals surface area contributed by atoms with Crippen LogP contribution >= 0.6 is 0 Å². The highest BCUT2D eigenvalue weighted by Gasteiger charge is 2.25. The molecule has 0 atom stereocenters. The van der Waals surface area contributed by atoms with E-state index in [1.807, 2.05) is 0 Å². The van der Waals surface area contributed by atoms with Crippen LogP contribution in [0.2, 0.25) is 0 Å². The van der Waals surface area contributed by atoms with Gasteiger partial charge < -0.3 is 5.21 Å². The summed E-state index contributed by atoms with van der Waals surface area (Å²) in [7, 11) is 0. The van der Waals surface area contributed by atoms with Crippen LogP contribution < -0.4 is 0 Å². The Labute approximate surface area is 43.6 Å². The molecule has 0 saturated carbocycles. The Hall–Kier alpha value is -0.740. The number of hydrogen-bond donors (Lipinski definition) is 1. The highest BCUT2D eigenvalue weighted by Crippen LogP contribution is 2.17. The monoisotopic (exact) mass is 127 g/mol. The second kappa shape index (κ2) is 2.54. The number of halogens is 3. The van der Waals surface area contributed by atoms with E-state index in [0.717, 1.165) is 0 Å². The molecule has 0 aliphatic carbocycles. The molecule has 0 unspecified atom stereocenters. The van der Waals surface area contributed by atoms with Gasteiger partial charge in [-0.25, -0.2) is 0 Å². The maximum Gasteiger partial charge on any atom is 0.394 e. The zero-order valence-electron chi connectivity index (χ0n) is 3.81. The summed E-state index contributed by atoms with van der Waals surface area (Å²) in [5.41, 5.74) is 0. The molecular weight excluding hydrogens is 123 g/mol. The molecule has 0 aromatic heterocycles. The minimum atomic E-state index is -4.26. The van der Waals surface area contributed by atoms with Crippen LogP contribution in [-0.2, 0) is 0 Å². The average molecular weight is 127 g/mol. The molecule has 2 nitrogen and oxygen atoms in total. The molecule has 8 heavy (non-hydrogen) atoms. The smallest absolute Gasteiger partial charge is 0.394 e. The minimum Gasteiger partial charge on any atom is -0.411 e. The molecule has 0 aliphatic rings. The quantitative estimate of drug-likeness (QED) is 0.322. The number of rotatable bonds is 1. The maximum absolute atomic E-state index is 11.0. The van der Waals surface area contributed by atoms with Crippen molar-refractivity contribution in [3.05, 3.63) is 0 Å². The van der Waals surface area contributed by atoms with E-state index in [2.05, 4.69) is 5.16 Å². The molecule has 0 bridgehead atoms. The molecular formula is C3H4F3NO. The van der Waals surface area contributed by atoms with E-state index in [4.69, 9.17) is 5.21 Å². The fourth-order valence-electron chi connectivity index (χ4n) is 0.144. The molecule has 0 radical (unpaired) electrons. The molecule has 0 spiro atoms. The molecule has 0 heterocycles. The molecule has 0 aromatic carbocycles. The van der Waals surface area contributed by atoms with E-state index in [1.165, 1.54) is 0 Å². The Kier molecular flexibility index (Phi) is 2.30. The predicted molar refractivity (Wildman–Crippen MR) is 21.0 cm³/mol. The summed E-state index contributed by atoms with van der Waals surface area (Å²) in [5.74, 6) is 0. The molecule has 0 amide bonds. The molecule has 0 aliphatic heterocycles. The van der Waals surface area contributed by atoms with Gasteiger partial charge in [-0.3, -0.25) is 0 Å². The minimum absolute atomic E-state index is 0.389. The third kappa shape index (κ3) is 5.26. The Balaban J connectivity index is 3.39. The number of oxime groups is 1. The molecule has 0 rings (SSSR count). The van der Waals surface area contributed by atoms with Crippen molar-refractivity contribution >= 4 is 6.21 Å². The van der Waals surface area contributed by atoms with Gasteiger partial charge in [-0.15, -0.1) is 5.16 Å². The Morgan fingerprint density at radius 2 is 2.00 bits per heavy atom. The zero-order valence-corrected chi connectivity index (χ0v) is 3.81. The first-order chi connectivity index (χ1) is 3.56. The van der Waals surface area contributed by atoms with Crippen LogP contribution in [0.15, 0.2) is 5.16 Å². The number of alkyl halides is 3. The van der Waals surface area contributed by atoms with Crippen molar-refractivity contribution in [2.24, 2.45) is 5.16 Å². The highest BCUT2D eigenvalue weighted by atomic mass is 19.4. The fourth-order valence-corrected chi connectivity index (χ4v) is 0.144. The first-order valence-corrected chi connectivity index (χ1v) is 1.79. The average Bonchev–Trinajstić information content (AvgIpc) is 1.59. The second-order valence-corrected chi connectivity index (χ2v) is 1.12. The normalized spacial score (nSPS) is 12.9. The van der Waals surface area contributed by atoms with Gasteiger partial charge in [0.15, 0.2) is 0 Å². The van der Waals surface area contributed by atoms with Crippen molar-refractivity contribution in [3.8, 4) is 0 Å². The van der Waals surface area contributed by atoms with Gasteiger partial charge in [0, 0.05) is 0 Å². The van der Waals surface area contributed by atoms with Crippen LogP contribution in [0.1, 0.15) is 6.42 Å². The third-order valence-electron chi connectivity index (χ3n) is 0.404. The van der Waals surface area contributed by atoms with E-state index < -0.39 is 12.6 Å². The summed E-state index contributed by atoms with van der Waals surface area (Å²) in [4.78, 5) is 0. The molecule has 5 heteroatoms. The lowest BCUT2D eigenvalue weighted by Crippen LogP contribution is -2.06. The van der Waals surface area contributed by atoms with Crippen molar-refractivity contribution in [1.29, 1.82) is 0 Å². The van der Waals surface area contributed by atoms with Crippen LogP contribution in [0.4, 0.5) is 13.2 Å². The van der Waals surface area contributed by atoms with Gasteiger partial charge in [0.05, 0.1) is 12.6 Å². The topological polar surface area (TPSA) is 32.6 Å². The molecule has 0 fully saturated rings. The van der Waals surface area contributed by atoms with Crippen LogP contribution in [0.25, 0.3) is 0 Å². The van der Waals surface area contributed by atoms with Crippen LogP contribution in [0.5, 0.6) is 0 Å².